The van der Waals surface area contributed by atoms with Crippen LogP contribution in [-0.4, -0.2) is 17.6 Å². The van der Waals surface area contributed by atoms with E-state index in [-0.39, 0.29) is 11.3 Å². The summed E-state index contributed by atoms with van der Waals surface area (Å²) in [6.45, 7) is 0.301. The Labute approximate surface area is 86.9 Å². The summed E-state index contributed by atoms with van der Waals surface area (Å²) in [4.78, 5) is 11.4. The Bertz CT molecular complexity index is 410. The Kier molecular flexibility index (Phi) is 3.69. The molecule has 0 heterocycles. The molecule has 0 aliphatic carbocycles. The third-order valence-electron chi connectivity index (χ3n) is 1.75. The van der Waals surface area contributed by atoms with E-state index in [2.05, 4.69) is 11.2 Å². The highest BCUT2D eigenvalue weighted by atomic mass is 19.1. The highest BCUT2D eigenvalue weighted by Crippen LogP contribution is 2.14. The number of carbonyl (C=O) groups is 1. The fourth-order valence-corrected chi connectivity index (χ4v) is 1.03. The van der Waals surface area contributed by atoms with Gasteiger partial charge in [0, 0.05) is 19.0 Å². The largest absolute Gasteiger partial charge is 0.508 e. The van der Waals surface area contributed by atoms with Gasteiger partial charge in [0.25, 0.3) is 5.91 Å². The molecule has 3 nitrogen and oxygen atoms in total. The molecule has 2 N–H and O–H groups in total. The van der Waals surface area contributed by atoms with Crippen molar-refractivity contribution < 1.29 is 14.3 Å². The van der Waals surface area contributed by atoms with Gasteiger partial charge >= 0.3 is 0 Å². The van der Waals surface area contributed by atoms with Crippen LogP contribution in [0.1, 0.15) is 16.8 Å². The van der Waals surface area contributed by atoms with E-state index in [1.165, 1.54) is 12.1 Å². The first kappa shape index (κ1) is 11.1. The molecule has 0 aliphatic heterocycles. The van der Waals surface area contributed by atoms with Gasteiger partial charge in [0.15, 0.2) is 0 Å². The maximum atomic E-state index is 13.1. The minimum atomic E-state index is -0.756. The standard InChI is InChI=1S/C11H10FNO2/c1-2-3-6-13-11(15)9-5-4-8(14)7-10(9)12/h1,4-5,7,14H,3,6H2,(H,13,15). The molecule has 0 unspecified atom stereocenters. The van der Waals surface area contributed by atoms with Crippen LogP contribution in [0, 0.1) is 18.2 Å². The van der Waals surface area contributed by atoms with Crippen LogP contribution in [0.4, 0.5) is 4.39 Å². The molecule has 1 amide bonds. The molecule has 0 radical (unpaired) electrons. The second-order valence-corrected chi connectivity index (χ2v) is 2.87. The van der Waals surface area contributed by atoms with Crippen LogP contribution in [0.5, 0.6) is 5.75 Å². The van der Waals surface area contributed by atoms with E-state index in [0.29, 0.717) is 13.0 Å². The number of benzene rings is 1. The van der Waals surface area contributed by atoms with E-state index in [1.54, 1.807) is 0 Å². The molecule has 0 saturated heterocycles. The summed E-state index contributed by atoms with van der Waals surface area (Å²) < 4.78 is 13.1. The Morgan fingerprint density at radius 3 is 2.93 bits per heavy atom. The van der Waals surface area contributed by atoms with E-state index < -0.39 is 11.7 Å². The first-order valence-corrected chi connectivity index (χ1v) is 4.35. The lowest BCUT2D eigenvalue weighted by Gasteiger charge is -2.04. The molecule has 0 saturated carbocycles. The van der Waals surface area contributed by atoms with Crippen LogP contribution in [0.15, 0.2) is 18.2 Å². The second kappa shape index (κ2) is 5.01. The van der Waals surface area contributed by atoms with Gasteiger partial charge in [-0.05, 0) is 12.1 Å². The van der Waals surface area contributed by atoms with Crippen molar-refractivity contribution in [2.75, 3.05) is 6.54 Å². The first-order chi connectivity index (χ1) is 7.15. The van der Waals surface area contributed by atoms with Crippen LogP contribution < -0.4 is 5.32 Å². The summed E-state index contributed by atoms with van der Waals surface area (Å²) in [6.07, 6.45) is 5.39. The van der Waals surface area contributed by atoms with E-state index >= 15 is 0 Å². The molecule has 0 bridgehead atoms. The van der Waals surface area contributed by atoms with Gasteiger partial charge in [-0.1, -0.05) is 0 Å². The number of amides is 1. The third kappa shape index (κ3) is 2.99. The highest BCUT2D eigenvalue weighted by molar-refractivity contribution is 5.94. The van der Waals surface area contributed by atoms with E-state index in [0.717, 1.165) is 6.07 Å². The molecule has 0 fully saturated rings. The number of terminal acetylenes is 1. The number of hydrogen-bond acceptors (Lipinski definition) is 2. The number of aromatic hydroxyl groups is 1. The van der Waals surface area contributed by atoms with Gasteiger partial charge in [-0.2, -0.15) is 0 Å². The lowest BCUT2D eigenvalue weighted by molar-refractivity contribution is 0.0950. The topological polar surface area (TPSA) is 49.3 Å². The normalized spacial score (nSPS) is 9.33. The molecule has 1 aromatic carbocycles. The van der Waals surface area contributed by atoms with E-state index in [4.69, 9.17) is 11.5 Å². The van der Waals surface area contributed by atoms with Crippen LogP contribution in [0.2, 0.25) is 0 Å². The van der Waals surface area contributed by atoms with Gasteiger partial charge < -0.3 is 10.4 Å². The van der Waals surface area contributed by atoms with Crippen molar-refractivity contribution in [1.29, 1.82) is 0 Å². The predicted octanol–water partition coefficient (Wildman–Crippen LogP) is 1.28. The van der Waals surface area contributed by atoms with E-state index in [9.17, 15) is 9.18 Å². The molecular formula is C11H10FNO2. The molecule has 4 heteroatoms. The predicted molar refractivity (Wildman–Crippen MR) is 53.8 cm³/mol. The number of phenols is 1. The fourth-order valence-electron chi connectivity index (χ4n) is 1.03. The molecule has 0 aromatic heterocycles. The van der Waals surface area contributed by atoms with Crippen molar-refractivity contribution >= 4 is 5.91 Å². The van der Waals surface area contributed by atoms with E-state index in [1.807, 2.05) is 0 Å². The summed E-state index contributed by atoms with van der Waals surface area (Å²) in [6, 6.07) is 3.35. The Hall–Kier alpha value is -2.02. The third-order valence-corrected chi connectivity index (χ3v) is 1.75. The van der Waals surface area contributed by atoms with Crippen molar-refractivity contribution in [3.63, 3.8) is 0 Å². The zero-order valence-corrected chi connectivity index (χ0v) is 7.96. The van der Waals surface area contributed by atoms with Crippen molar-refractivity contribution in [3.8, 4) is 18.1 Å². The number of hydrogen-bond donors (Lipinski definition) is 2. The summed E-state index contributed by atoms with van der Waals surface area (Å²) >= 11 is 0. The van der Waals surface area contributed by atoms with Crippen molar-refractivity contribution in [2.24, 2.45) is 0 Å². The Morgan fingerprint density at radius 2 is 2.33 bits per heavy atom. The molecule has 0 atom stereocenters. The number of halogens is 1. The summed E-state index contributed by atoms with van der Waals surface area (Å²) in [5.74, 6) is 0.839. The van der Waals surface area contributed by atoms with Crippen LogP contribution in [-0.2, 0) is 0 Å². The minimum Gasteiger partial charge on any atom is -0.508 e. The van der Waals surface area contributed by atoms with Crippen LogP contribution in [0.3, 0.4) is 0 Å². The van der Waals surface area contributed by atoms with Gasteiger partial charge in [-0.3, -0.25) is 4.79 Å². The Morgan fingerprint density at radius 1 is 1.60 bits per heavy atom. The van der Waals surface area contributed by atoms with Crippen LogP contribution in [0.25, 0.3) is 0 Å². The molecular weight excluding hydrogens is 197 g/mol. The zero-order valence-electron chi connectivity index (χ0n) is 7.96. The molecule has 15 heavy (non-hydrogen) atoms. The molecule has 0 spiro atoms. The maximum absolute atomic E-state index is 13.1. The van der Waals surface area contributed by atoms with Gasteiger partial charge in [-0.25, -0.2) is 4.39 Å². The second-order valence-electron chi connectivity index (χ2n) is 2.87. The Balaban J connectivity index is 2.70. The first-order valence-electron chi connectivity index (χ1n) is 4.35. The average Bonchev–Trinajstić information content (AvgIpc) is 2.17. The number of nitrogens with one attached hydrogen (secondary N) is 1. The van der Waals surface area contributed by atoms with Crippen molar-refractivity contribution in [3.05, 3.63) is 29.6 Å². The van der Waals surface area contributed by atoms with Crippen molar-refractivity contribution in [2.45, 2.75) is 6.42 Å². The molecule has 78 valence electrons. The SMILES string of the molecule is C#CCCNC(=O)c1ccc(O)cc1F. The van der Waals surface area contributed by atoms with Crippen molar-refractivity contribution in [1.82, 2.24) is 5.32 Å². The maximum Gasteiger partial charge on any atom is 0.254 e. The van der Waals surface area contributed by atoms with Gasteiger partial charge in [0.1, 0.15) is 11.6 Å². The molecule has 1 aromatic rings. The quantitative estimate of drug-likeness (QED) is 0.579. The lowest BCUT2D eigenvalue weighted by Crippen LogP contribution is -2.25. The molecule has 1 rings (SSSR count). The highest BCUT2D eigenvalue weighted by Gasteiger charge is 2.10. The zero-order chi connectivity index (χ0) is 11.3. The average molecular weight is 207 g/mol. The monoisotopic (exact) mass is 207 g/mol. The van der Waals surface area contributed by atoms with Gasteiger partial charge in [0.2, 0.25) is 0 Å². The number of phenolic OH excluding ortho intramolecular Hbond substituents is 1. The molecule has 0 aliphatic rings. The summed E-state index contributed by atoms with van der Waals surface area (Å²) in [5, 5.41) is 11.4. The van der Waals surface area contributed by atoms with Crippen LogP contribution >= 0.6 is 0 Å². The van der Waals surface area contributed by atoms with Gasteiger partial charge in [0.05, 0.1) is 5.56 Å². The number of carbonyl (C=O) groups excluding carboxylic acids is 1. The minimum absolute atomic E-state index is 0.107. The lowest BCUT2D eigenvalue weighted by atomic mass is 10.2. The summed E-state index contributed by atoms with van der Waals surface area (Å²) in [5.41, 5.74) is -0.107. The van der Waals surface area contributed by atoms with Gasteiger partial charge in [-0.15, -0.1) is 12.3 Å². The summed E-state index contributed by atoms with van der Waals surface area (Å²) in [7, 11) is 0. The number of rotatable bonds is 3. The fraction of sp³-hybridized carbons (Fsp3) is 0.182. The smallest absolute Gasteiger partial charge is 0.254 e.